The van der Waals surface area contributed by atoms with E-state index in [0.29, 0.717) is 36.2 Å². The molecule has 0 saturated heterocycles. The van der Waals surface area contributed by atoms with E-state index in [1.807, 2.05) is 6.92 Å². The molecule has 1 aliphatic rings. The number of nitrogens with one attached hydrogen (secondary N) is 2. The van der Waals surface area contributed by atoms with Crippen LogP contribution in [0.1, 0.15) is 40.9 Å². The lowest BCUT2D eigenvalue weighted by atomic mass is 10.1. The Labute approximate surface area is 129 Å². The van der Waals surface area contributed by atoms with Crippen molar-refractivity contribution in [2.45, 2.75) is 25.7 Å². The standard InChI is InChI=1S/C15H23N3O2S/c1-3-7-17-14(19)13-12(16)11(10-5-6-10)15(21-13)18-8-9-20-4-2/h3,10,18H,1,4-9,16H2,2H3,(H,17,19). The molecule has 0 radical (unpaired) electrons. The van der Waals surface area contributed by atoms with Crippen molar-refractivity contribution in [1.82, 2.24) is 5.32 Å². The summed E-state index contributed by atoms with van der Waals surface area (Å²) in [6.45, 7) is 8.10. The molecular formula is C15H23N3O2S. The predicted molar refractivity (Wildman–Crippen MR) is 88.2 cm³/mol. The number of rotatable bonds is 9. The van der Waals surface area contributed by atoms with Crippen LogP contribution >= 0.6 is 11.3 Å². The Bertz CT molecular complexity index is 509. The van der Waals surface area contributed by atoms with Crippen LogP contribution in [0.15, 0.2) is 12.7 Å². The van der Waals surface area contributed by atoms with Gasteiger partial charge in [0, 0.05) is 25.3 Å². The Morgan fingerprint density at radius 2 is 2.33 bits per heavy atom. The van der Waals surface area contributed by atoms with Gasteiger partial charge in [-0.25, -0.2) is 0 Å². The van der Waals surface area contributed by atoms with Gasteiger partial charge in [-0.05, 0) is 25.7 Å². The van der Waals surface area contributed by atoms with Gasteiger partial charge in [-0.1, -0.05) is 6.08 Å². The lowest BCUT2D eigenvalue weighted by molar-refractivity contribution is 0.0963. The summed E-state index contributed by atoms with van der Waals surface area (Å²) in [5.41, 5.74) is 7.94. The molecule has 1 heterocycles. The van der Waals surface area contributed by atoms with Crippen LogP contribution in [-0.4, -0.2) is 32.2 Å². The third-order valence-electron chi connectivity index (χ3n) is 3.32. The van der Waals surface area contributed by atoms with E-state index in [2.05, 4.69) is 17.2 Å². The summed E-state index contributed by atoms with van der Waals surface area (Å²) >= 11 is 1.43. The number of nitrogen functional groups attached to an aromatic ring is 1. The molecule has 4 N–H and O–H groups in total. The van der Waals surface area contributed by atoms with Crippen LogP contribution in [-0.2, 0) is 4.74 Å². The molecule has 0 aliphatic heterocycles. The minimum Gasteiger partial charge on any atom is -0.397 e. The Balaban J connectivity index is 2.11. The number of ether oxygens (including phenoxy) is 1. The second kappa shape index (κ2) is 7.47. The summed E-state index contributed by atoms with van der Waals surface area (Å²) in [7, 11) is 0. The van der Waals surface area contributed by atoms with E-state index in [9.17, 15) is 4.79 Å². The number of carbonyl (C=O) groups excluding carboxylic acids is 1. The van der Waals surface area contributed by atoms with Gasteiger partial charge in [0.25, 0.3) is 5.91 Å². The fourth-order valence-electron chi connectivity index (χ4n) is 2.16. The minimum atomic E-state index is -0.128. The van der Waals surface area contributed by atoms with E-state index < -0.39 is 0 Å². The maximum absolute atomic E-state index is 12.1. The molecule has 1 aromatic heterocycles. The molecule has 0 atom stereocenters. The van der Waals surface area contributed by atoms with E-state index in [0.717, 1.165) is 30.0 Å². The molecule has 1 aromatic rings. The molecule has 0 spiro atoms. The van der Waals surface area contributed by atoms with Crippen molar-refractivity contribution in [1.29, 1.82) is 0 Å². The Morgan fingerprint density at radius 1 is 1.57 bits per heavy atom. The van der Waals surface area contributed by atoms with E-state index in [4.69, 9.17) is 10.5 Å². The van der Waals surface area contributed by atoms with Gasteiger partial charge in [-0.3, -0.25) is 4.79 Å². The third-order valence-corrected chi connectivity index (χ3v) is 4.50. The molecule has 0 unspecified atom stereocenters. The molecular weight excluding hydrogens is 286 g/mol. The molecule has 5 nitrogen and oxygen atoms in total. The van der Waals surface area contributed by atoms with Gasteiger partial charge in [0.2, 0.25) is 0 Å². The number of thiophene rings is 1. The van der Waals surface area contributed by atoms with Crippen LogP contribution in [0.25, 0.3) is 0 Å². The first kappa shape index (κ1) is 15.9. The zero-order valence-corrected chi connectivity index (χ0v) is 13.2. The summed E-state index contributed by atoms with van der Waals surface area (Å²) in [6, 6.07) is 0. The fraction of sp³-hybridized carbons (Fsp3) is 0.533. The first-order valence-electron chi connectivity index (χ1n) is 7.31. The average molecular weight is 309 g/mol. The first-order valence-corrected chi connectivity index (χ1v) is 8.13. The lowest BCUT2D eigenvalue weighted by Crippen LogP contribution is -2.23. The third kappa shape index (κ3) is 3.98. The van der Waals surface area contributed by atoms with Crippen molar-refractivity contribution >= 4 is 27.9 Å². The van der Waals surface area contributed by atoms with E-state index in [1.54, 1.807) is 6.08 Å². The van der Waals surface area contributed by atoms with Crippen molar-refractivity contribution in [3.63, 3.8) is 0 Å². The van der Waals surface area contributed by atoms with Crippen LogP contribution in [0.2, 0.25) is 0 Å². The highest BCUT2D eigenvalue weighted by atomic mass is 32.1. The lowest BCUT2D eigenvalue weighted by Gasteiger charge is -2.07. The molecule has 2 rings (SSSR count). The molecule has 0 bridgehead atoms. The predicted octanol–water partition coefficient (Wildman–Crippen LogP) is 2.57. The van der Waals surface area contributed by atoms with Crippen LogP contribution in [0, 0.1) is 0 Å². The highest BCUT2D eigenvalue weighted by Gasteiger charge is 2.32. The van der Waals surface area contributed by atoms with E-state index >= 15 is 0 Å². The zero-order valence-electron chi connectivity index (χ0n) is 12.4. The van der Waals surface area contributed by atoms with Gasteiger partial charge in [0.05, 0.1) is 17.3 Å². The van der Waals surface area contributed by atoms with Gasteiger partial charge in [-0.15, -0.1) is 17.9 Å². The van der Waals surface area contributed by atoms with Gasteiger partial charge < -0.3 is 21.1 Å². The van der Waals surface area contributed by atoms with Crippen LogP contribution in [0.5, 0.6) is 0 Å². The Kier molecular flexibility index (Phi) is 5.64. The molecule has 1 fully saturated rings. The molecule has 1 aliphatic carbocycles. The van der Waals surface area contributed by atoms with Gasteiger partial charge in [0.1, 0.15) is 4.88 Å². The van der Waals surface area contributed by atoms with Gasteiger partial charge in [-0.2, -0.15) is 0 Å². The van der Waals surface area contributed by atoms with Crippen molar-refractivity contribution in [2.75, 3.05) is 37.4 Å². The maximum atomic E-state index is 12.1. The quantitative estimate of drug-likeness (QED) is 0.484. The Hall–Kier alpha value is -1.53. The van der Waals surface area contributed by atoms with Gasteiger partial charge in [0.15, 0.2) is 0 Å². The zero-order chi connectivity index (χ0) is 15.2. The number of carbonyl (C=O) groups is 1. The fourth-order valence-corrected chi connectivity index (χ4v) is 3.31. The minimum absolute atomic E-state index is 0.128. The molecule has 1 amide bonds. The van der Waals surface area contributed by atoms with E-state index in [1.165, 1.54) is 11.3 Å². The molecule has 6 heteroatoms. The molecule has 1 saturated carbocycles. The van der Waals surface area contributed by atoms with Crippen molar-refractivity contribution in [2.24, 2.45) is 0 Å². The number of hydrogen-bond donors (Lipinski definition) is 3. The molecule has 21 heavy (non-hydrogen) atoms. The van der Waals surface area contributed by atoms with Crippen molar-refractivity contribution in [3.05, 3.63) is 23.1 Å². The topological polar surface area (TPSA) is 76.4 Å². The van der Waals surface area contributed by atoms with E-state index in [-0.39, 0.29) is 5.91 Å². The maximum Gasteiger partial charge on any atom is 0.263 e. The number of hydrogen-bond acceptors (Lipinski definition) is 5. The second-order valence-electron chi connectivity index (χ2n) is 4.98. The van der Waals surface area contributed by atoms with Crippen LogP contribution in [0.4, 0.5) is 10.7 Å². The number of nitrogens with two attached hydrogens (primary N) is 1. The normalized spacial score (nSPS) is 14.0. The van der Waals surface area contributed by atoms with Crippen molar-refractivity contribution in [3.8, 4) is 0 Å². The largest absolute Gasteiger partial charge is 0.397 e. The number of amides is 1. The van der Waals surface area contributed by atoms with Crippen LogP contribution < -0.4 is 16.4 Å². The van der Waals surface area contributed by atoms with Gasteiger partial charge >= 0.3 is 0 Å². The monoisotopic (exact) mass is 309 g/mol. The molecule has 0 aromatic carbocycles. The van der Waals surface area contributed by atoms with Crippen molar-refractivity contribution < 1.29 is 9.53 Å². The summed E-state index contributed by atoms with van der Waals surface area (Å²) in [6.07, 6.45) is 3.95. The summed E-state index contributed by atoms with van der Waals surface area (Å²) < 4.78 is 5.33. The summed E-state index contributed by atoms with van der Waals surface area (Å²) in [4.78, 5) is 12.7. The summed E-state index contributed by atoms with van der Waals surface area (Å²) in [5.74, 6) is 0.369. The molecule has 116 valence electrons. The summed E-state index contributed by atoms with van der Waals surface area (Å²) in [5, 5.41) is 7.15. The Morgan fingerprint density at radius 3 is 2.95 bits per heavy atom. The highest BCUT2D eigenvalue weighted by molar-refractivity contribution is 7.18. The SMILES string of the molecule is C=CCNC(=O)c1sc(NCCOCC)c(C2CC2)c1N. The second-order valence-corrected chi connectivity index (χ2v) is 6.00. The first-order chi connectivity index (χ1) is 10.2. The highest BCUT2D eigenvalue weighted by Crippen LogP contribution is 2.50. The number of anilines is 2. The van der Waals surface area contributed by atoms with Crippen LogP contribution in [0.3, 0.4) is 0 Å². The smallest absolute Gasteiger partial charge is 0.263 e. The average Bonchev–Trinajstić information content (AvgIpc) is 3.25.